The van der Waals surface area contributed by atoms with Crippen molar-refractivity contribution in [1.82, 2.24) is 4.98 Å². The number of nitrogens with zero attached hydrogens (tertiary/aromatic N) is 1. The van der Waals surface area contributed by atoms with E-state index < -0.39 is 23.2 Å². The van der Waals surface area contributed by atoms with E-state index in [0.717, 1.165) is 18.3 Å². The molecule has 0 aliphatic rings. The van der Waals surface area contributed by atoms with Crippen molar-refractivity contribution in [3.05, 3.63) is 51.1 Å². The van der Waals surface area contributed by atoms with E-state index >= 15 is 0 Å². The fraction of sp³-hybridized carbons (Fsp3) is 0. The minimum atomic E-state index is -0.903. The Bertz CT molecular complexity index is 673. The van der Waals surface area contributed by atoms with Crippen LogP contribution in [0.2, 0.25) is 5.02 Å². The van der Waals surface area contributed by atoms with Crippen LogP contribution in [0.1, 0.15) is 10.4 Å². The third kappa shape index (κ3) is 3.05. The molecule has 0 spiro atoms. The number of benzene rings is 1. The average Bonchev–Trinajstić information content (AvgIpc) is 2.36. The van der Waals surface area contributed by atoms with Crippen molar-refractivity contribution in [2.75, 3.05) is 11.1 Å². The summed E-state index contributed by atoms with van der Waals surface area (Å²) in [5.74, 6) is -2.50. The van der Waals surface area contributed by atoms with Gasteiger partial charge in [0.15, 0.2) is 11.6 Å². The summed E-state index contributed by atoms with van der Waals surface area (Å²) >= 11 is 8.66. The second-order valence-electron chi connectivity index (χ2n) is 3.79. The molecule has 104 valence electrons. The summed E-state index contributed by atoms with van der Waals surface area (Å²) < 4.78 is 27.4. The molecular formula is C12H7BrClF2N3O. The summed E-state index contributed by atoms with van der Waals surface area (Å²) in [6.45, 7) is 0. The predicted octanol–water partition coefficient (Wildman–Crippen LogP) is 3.61. The van der Waals surface area contributed by atoms with Gasteiger partial charge in [-0.05, 0) is 18.2 Å². The van der Waals surface area contributed by atoms with Crippen LogP contribution in [0.25, 0.3) is 0 Å². The summed E-state index contributed by atoms with van der Waals surface area (Å²) in [6.07, 6.45) is 1.16. The third-order valence-electron chi connectivity index (χ3n) is 2.38. The highest BCUT2D eigenvalue weighted by Crippen LogP contribution is 2.25. The first-order chi connectivity index (χ1) is 9.38. The van der Waals surface area contributed by atoms with E-state index in [-0.39, 0.29) is 20.9 Å². The Balaban J connectivity index is 2.30. The van der Waals surface area contributed by atoms with E-state index in [1.807, 2.05) is 0 Å². The Kier molecular flexibility index (Phi) is 4.20. The molecule has 20 heavy (non-hydrogen) atoms. The van der Waals surface area contributed by atoms with Gasteiger partial charge in [0.2, 0.25) is 0 Å². The standard InChI is InChI=1S/C12H7BrClF2N3O/c13-6-2-8(15)10(9(16)3-6)19-12(20)5-1-7(14)11(17)18-4-5/h1-4H,(H2,17,18)(H,19,20). The van der Waals surface area contributed by atoms with E-state index in [4.69, 9.17) is 17.3 Å². The zero-order valence-corrected chi connectivity index (χ0v) is 12.1. The van der Waals surface area contributed by atoms with Crippen molar-refractivity contribution in [2.24, 2.45) is 0 Å². The zero-order valence-electron chi connectivity index (χ0n) is 9.75. The van der Waals surface area contributed by atoms with Crippen LogP contribution in [0.15, 0.2) is 28.9 Å². The molecule has 0 atom stereocenters. The first kappa shape index (κ1) is 14.7. The van der Waals surface area contributed by atoms with E-state index in [2.05, 4.69) is 26.2 Å². The third-order valence-corrected chi connectivity index (χ3v) is 3.14. The van der Waals surface area contributed by atoms with Gasteiger partial charge in [-0.15, -0.1) is 0 Å². The summed E-state index contributed by atoms with van der Waals surface area (Å²) in [7, 11) is 0. The van der Waals surface area contributed by atoms with Gasteiger partial charge >= 0.3 is 0 Å². The van der Waals surface area contributed by atoms with E-state index in [9.17, 15) is 13.6 Å². The summed E-state index contributed by atoms with van der Waals surface area (Å²) in [6, 6.07) is 3.33. The number of halogens is 4. The van der Waals surface area contributed by atoms with E-state index in [1.54, 1.807) is 0 Å². The SMILES string of the molecule is Nc1ncc(C(=O)Nc2c(F)cc(Br)cc2F)cc1Cl. The molecule has 3 N–H and O–H groups in total. The van der Waals surface area contributed by atoms with Gasteiger partial charge in [0.1, 0.15) is 11.5 Å². The lowest BCUT2D eigenvalue weighted by atomic mass is 10.2. The maximum atomic E-state index is 13.6. The average molecular weight is 363 g/mol. The van der Waals surface area contributed by atoms with Gasteiger partial charge in [0, 0.05) is 10.7 Å². The minimum absolute atomic E-state index is 0.0333. The molecule has 0 radical (unpaired) electrons. The van der Waals surface area contributed by atoms with Gasteiger partial charge < -0.3 is 11.1 Å². The molecule has 0 saturated heterocycles. The predicted molar refractivity (Wildman–Crippen MR) is 75.7 cm³/mol. The van der Waals surface area contributed by atoms with Crippen LogP contribution in [0.5, 0.6) is 0 Å². The molecular weight excluding hydrogens is 356 g/mol. The van der Waals surface area contributed by atoms with Crippen LogP contribution in [0.4, 0.5) is 20.3 Å². The van der Waals surface area contributed by atoms with Gasteiger partial charge in [-0.3, -0.25) is 4.79 Å². The lowest BCUT2D eigenvalue weighted by Gasteiger charge is -2.08. The molecule has 1 amide bonds. The van der Waals surface area contributed by atoms with Crippen LogP contribution in [0, 0.1) is 11.6 Å². The van der Waals surface area contributed by atoms with Gasteiger partial charge in [-0.2, -0.15) is 0 Å². The number of amides is 1. The number of pyridine rings is 1. The second-order valence-corrected chi connectivity index (χ2v) is 5.11. The Morgan fingerprint density at radius 2 is 1.90 bits per heavy atom. The van der Waals surface area contributed by atoms with Crippen molar-refractivity contribution in [3.63, 3.8) is 0 Å². The largest absolute Gasteiger partial charge is 0.382 e. The van der Waals surface area contributed by atoms with Gasteiger partial charge in [-0.1, -0.05) is 27.5 Å². The van der Waals surface area contributed by atoms with Crippen LogP contribution < -0.4 is 11.1 Å². The minimum Gasteiger partial charge on any atom is -0.382 e. The van der Waals surface area contributed by atoms with Crippen LogP contribution >= 0.6 is 27.5 Å². The van der Waals surface area contributed by atoms with Crippen LogP contribution in [0.3, 0.4) is 0 Å². The molecule has 0 aliphatic carbocycles. The van der Waals surface area contributed by atoms with E-state index in [0.29, 0.717) is 0 Å². The first-order valence-electron chi connectivity index (χ1n) is 5.25. The maximum absolute atomic E-state index is 13.6. The fourth-order valence-electron chi connectivity index (χ4n) is 1.42. The number of anilines is 2. The van der Waals surface area contributed by atoms with Crippen molar-refractivity contribution in [1.29, 1.82) is 0 Å². The fourth-order valence-corrected chi connectivity index (χ4v) is 1.99. The molecule has 2 rings (SSSR count). The molecule has 8 heteroatoms. The highest BCUT2D eigenvalue weighted by Gasteiger charge is 2.15. The molecule has 1 aromatic carbocycles. The zero-order chi connectivity index (χ0) is 14.9. The molecule has 1 heterocycles. The first-order valence-corrected chi connectivity index (χ1v) is 6.42. The summed E-state index contributed by atoms with van der Waals surface area (Å²) in [5, 5.41) is 2.20. The summed E-state index contributed by atoms with van der Waals surface area (Å²) in [4.78, 5) is 15.6. The topological polar surface area (TPSA) is 68.0 Å². The molecule has 0 saturated carbocycles. The number of nitrogen functional groups attached to an aromatic ring is 1. The maximum Gasteiger partial charge on any atom is 0.257 e. The van der Waals surface area contributed by atoms with Crippen LogP contribution in [-0.4, -0.2) is 10.9 Å². The van der Waals surface area contributed by atoms with Gasteiger partial charge in [0.25, 0.3) is 5.91 Å². The van der Waals surface area contributed by atoms with Gasteiger partial charge in [-0.25, -0.2) is 13.8 Å². The van der Waals surface area contributed by atoms with Crippen molar-refractivity contribution in [3.8, 4) is 0 Å². The molecule has 4 nitrogen and oxygen atoms in total. The Labute approximate surface area is 126 Å². The number of hydrogen-bond acceptors (Lipinski definition) is 3. The number of carbonyl (C=O) groups is 1. The number of carbonyl (C=O) groups excluding carboxylic acids is 1. The molecule has 0 aliphatic heterocycles. The van der Waals surface area contributed by atoms with Crippen molar-refractivity contribution < 1.29 is 13.6 Å². The monoisotopic (exact) mass is 361 g/mol. The molecule has 0 fully saturated rings. The number of rotatable bonds is 2. The highest BCUT2D eigenvalue weighted by atomic mass is 79.9. The number of nitrogens with one attached hydrogen (secondary N) is 1. The highest BCUT2D eigenvalue weighted by molar-refractivity contribution is 9.10. The quantitative estimate of drug-likeness (QED) is 0.857. The number of aromatic nitrogens is 1. The van der Waals surface area contributed by atoms with Gasteiger partial charge in [0.05, 0.1) is 10.6 Å². The van der Waals surface area contributed by atoms with Crippen LogP contribution in [-0.2, 0) is 0 Å². The molecule has 1 aromatic heterocycles. The van der Waals surface area contributed by atoms with Crippen molar-refractivity contribution in [2.45, 2.75) is 0 Å². The Hall–Kier alpha value is -1.73. The van der Waals surface area contributed by atoms with Crippen molar-refractivity contribution >= 4 is 44.9 Å². The number of nitrogens with two attached hydrogens (primary N) is 1. The Morgan fingerprint density at radius 1 is 1.30 bits per heavy atom. The number of hydrogen-bond donors (Lipinski definition) is 2. The molecule has 0 unspecified atom stereocenters. The lowest BCUT2D eigenvalue weighted by Crippen LogP contribution is -2.15. The Morgan fingerprint density at radius 3 is 2.45 bits per heavy atom. The normalized spacial score (nSPS) is 10.4. The summed E-state index contributed by atoms with van der Waals surface area (Å²) in [5.41, 5.74) is 4.89. The molecule has 0 bridgehead atoms. The van der Waals surface area contributed by atoms with E-state index in [1.165, 1.54) is 6.07 Å². The second kappa shape index (κ2) is 5.72. The smallest absolute Gasteiger partial charge is 0.257 e. The molecule has 2 aromatic rings. The lowest BCUT2D eigenvalue weighted by molar-refractivity contribution is 0.102.